The van der Waals surface area contributed by atoms with E-state index < -0.39 is 0 Å². The number of H-pyrrole nitrogens is 1. The first kappa shape index (κ1) is 17.4. The molecular formula is C18H25N5O2. The third kappa shape index (κ3) is 3.97. The molecule has 0 unspecified atom stereocenters. The van der Waals surface area contributed by atoms with Crippen molar-refractivity contribution in [1.82, 2.24) is 19.7 Å². The Morgan fingerprint density at radius 2 is 2.04 bits per heavy atom. The normalized spacial score (nSPS) is 14.8. The minimum atomic E-state index is -0.200. The average molecular weight is 343 g/mol. The van der Waals surface area contributed by atoms with Gasteiger partial charge in [0.15, 0.2) is 0 Å². The summed E-state index contributed by atoms with van der Waals surface area (Å²) in [5, 5.41) is 7.26. The van der Waals surface area contributed by atoms with E-state index in [0.29, 0.717) is 35.4 Å². The lowest BCUT2D eigenvalue weighted by Gasteiger charge is -2.11. The summed E-state index contributed by atoms with van der Waals surface area (Å²) in [7, 11) is 0. The van der Waals surface area contributed by atoms with E-state index in [1.54, 1.807) is 19.9 Å². The molecule has 7 nitrogen and oxygen atoms in total. The Labute approximate surface area is 146 Å². The van der Waals surface area contributed by atoms with Crippen LogP contribution in [0.3, 0.4) is 0 Å². The third-order valence-corrected chi connectivity index (χ3v) is 4.94. The molecule has 25 heavy (non-hydrogen) atoms. The van der Waals surface area contributed by atoms with Crippen LogP contribution in [0, 0.1) is 26.7 Å². The van der Waals surface area contributed by atoms with E-state index in [0.717, 1.165) is 12.1 Å². The summed E-state index contributed by atoms with van der Waals surface area (Å²) >= 11 is 0. The summed E-state index contributed by atoms with van der Waals surface area (Å²) in [5.41, 5.74) is 1.77. The zero-order chi connectivity index (χ0) is 18.0. The summed E-state index contributed by atoms with van der Waals surface area (Å²) in [6.07, 6.45) is 6.47. The number of anilines is 1. The number of hydrogen-bond acceptors (Lipinski definition) is 4. The van der Waals surface area contributed by atoms with E-state index in [9.17, 15) is 9.59 Å². The van der Waals surface area contributed by atoms with Gasteiger partial charge in [0.25, 0.3) is 5.56 Å². The molecule has 7 heteroatoms. The molecule has 1 amide bonds. The van der Waals surface area contributed by atoms with Gasteiger partial charge < -0.3 is 5.32 Å². The van der Waals surface area contributed by atoms with E-state index in [4.69, 9.17) is 0 Å². The molecule has 1 aliphatic rings. The topological polar surface area (TPSA) is 92.7 Å². The Hall–Kier alpha value is -2.44. The van der Waals surface area contributed by atoms with Crippen LogP contribution in [-0.4, -0.2) is 25.7 Å². The molecule has 2 N–H and O–H groups in total. The molecule has 0 aliphatic heterocycles. The summed E-state index contributed by atoms with van der Waals surface area (Å²) in [6, 6.07) is 1.78. The van der Waals surface area contributed by atoms with Crippen LogP contribution in [0.4, 0.5) is 5.82 Å². The second kappa shape index (κ2) is 7.21. The highest BCUT2D eigenvalue weighted by Gasteiger charge is 2.18. The molecular weight excluding hydrogens is 318 g/mol. The van der Waals surface area contributed by atoms with Crippen molar-refractivity contribution < 1.29 is 4.79 Å². The van der Waals surface area contributed by atoms with E-state index >= 15 is 0 Å². The maximum Gasteiger partial charge on any atom is 0.255 e. The Morgan fingerprint density at radius 3 is 2.72 bits per heavy atom. The predicted octanol–water partition coefficient (Wildman–Crippen LogP) is 2.79. The van der Waals surface area contributed by atoms with Crippen LogP contribution in [0.2, 0.25) is 0 Å². The fourth-order valence-electron chi connectivity index (χ4n) is 3.32. The van der Waals surface area contributed by atoms with E-state index in [1.165, 1.54) is 30.4 Å². The number of aromatic amines is 1. The van der Waals surface area contributed by atoms with Crippen LogP contribution in [0.1, 0.15) is 55.5 Å². The zero-order valence-electron chi connectivity index (χ0n) is 15.1. The van der Waals surface area contributed by atoms with Gasteiger partial charge in [0, 0.05) is 23.7 Å². The fraction of sp³-hybridized carbons (Fsp3) is 0.556. The van der Waals surface area contributed by atoms with Gasteiger partial charge >= 0.3 is 0 Å². The summed E-state index contributed by atoms with van der Waals surface area (Å²) in [6.45, 7) is 5.35. The standard InChI is InChI=1S/C18H25N5O2/c1-11-10-15(20-16(24)9-8-14-6-4-5-7-14)23(22-11)18-19-13(3)12(2)17(25)21-18/h10,14H,4-9H2,1-3H3,(H,20,24)(H,19,21,25). The molecule has 0 bridgehead atoms. The summed E-state index contributed by atoms with van der Waals surface area (Å²) in [5.74, 6) is 1.49. The lowest BCUT2D eigenvalue weighted by molar-refractivity contribution is -0.116. The van der Waals surface area contributed by atoms with Crippen LogP contribution in [0.25, 0.3) is 5.95 Å². The van der Waals surface area contributed by atoms with Gasteiger partial charge in [-0.2, -0.15) is 9.78 Å². The highest BCUT2D eigenvalue weighted by molar-refractivity contribution is 5.90. The number of rotatable bonds is 5. The van der Waals surface area contributed by atoms with Gasteiger partial charge in [-0.1, -0.05) is 25.7 Å². The smallest absolute Gasteiger partial charge is 0.255 e. The van der Waals surface area contributed by atoms with Gasteiger partial charge in [-0.15, -0.1) is 0 Å². The number of amides is 1. The molecule has 2 aromatic rings. The van der Waals surface area contributed by atoms with Crippen molar-refractivity contribution in [2.24, 2.45) is 5.92 Å². The van der Waals surface area contributed by atoms with Gasteiger partial charge in [-0.05, 0) is 33.1 Å². The van der Waals surface area contributed by atoms with Crippen molar-refractivity contribution in [3.63, 3.8) is 0 Å². The Morgan fingerprint density at radius 1 is 1.32 bits per heavy atom. The number of carbonyl (C=O) groups is 1. The number of hydrogen-bond donors (Lipinski definition) is 2. The van der Waals surface area contributed by atoms with Crippen LogP contribution < -0.4 is 10.9 Å². The van der Waals surface area contributed by atoms with Crippen molar-refractivity contribution in [2.75, 3.05) is 5.32 Å². The van der Waals surface area contributed by atoms with Crippen LogP contribution in [0.5, 0.6) is 0 Å². The Bertz CT molecular complexity index is 830. The second-order valence-electron chi connectivity index (χ2n) is 6.92. The van der Waals surface area contributed by atoms with Crippen molar-refractivity contribution in [2.45, 2.75) is 59.3 Å². The molecule has 2 heterocycles. The summed E-state index contributed by atoms with van der Waals surface area (Å²) < 4.78 is 1.48. The highest BCUT2D eigenvalue weighted by Crippen LogP contribution is 2.28. The highest BCUT2D eigenvalue weighted by atomic mass is 16.1. The number of nitrogens with zero attached hydrogens (tertiary/aromatic N) is 3. The predicted molar refractivity (Wildman–Crippen MR) is 96.0 cm³/mol. The molecule has 0 spiro atoms. The lowest BCUT2D eigenvalue weighted by Crippen LogP contribution is -2.21. The van der Waals surface area contributed by atoms with Gasteiger partial charge in [-0.25, -0.2) is 4.98 Å². The molecule has 134 valence electrons. The Kier molecular flexibility index (Phi) is 5.01. The quantitative estimate of drug-likeness (QED) is 0.873. The van der Waals surface area contributed by atoms with Gasteiger partial charge in [0.2, 0.25) is 11.9 Å². The number of nitrogens with one attached hydrogen (secondary N) is 2. The maximum atomic E-state index is 12.3. The second-order valence-corrected chi connectivity index (χ2v) is 6.92. The first-order valence-electron chi connectivity index (χ1n) is 8.88. The first-order chi connectivity index (χ1) is 11.9. The number of aromatic nitrogens is 4. The van der Waals surface area contributed by atoms with Gasteiger partial charge in [0.05, 0.1) is 5.69 Å². The van der Waals surface area contributed by atoms with E-state index in [1.807, 2.05) is 6.92 Å². The number of carbonyl (C=O) groups excluding carboxylic acids is 1. The van der Waals surface area contributed by atoms with Gasteiger partial charge in [0.1, 0.15) is 5.82 Å². The monoisotopic (exact) mass is 343 g/mol. The van der Waals surface area contributed by atoms with Gasteiger partial charge in [-0.3, -0.25) is 14.6 Å². The fourth-order valence-corrected chi connectivity index (χ4v) is 3.32. The minimum absolute atomic E-state index is 0.0285. The van der Waals surface area contributed by atoms with Crippen molar-refractivity contribution in [1.29, 1.82) is 0 Å². The Balaban J connectivity index is 1.76. The molecule has 1 aliphatic carbocycles. The molecule has 3 rings (SSSR count). The van der Waals surface area contributed by atoms with E-state index in [-0.39, 0.29) is 11.5 Å². The maximum absolute atomic E-state index is 12.3. The number of aryl methyl sites for hydroxylation is 2. The SMILES string of the molecule is Cc1cc(NC(=O)CCC2CCCC2)n(-c2nc(C)c(C)c(=O)[nH]2)n1. The largest absolute Gasteiger partial charge is 0.310 e. The summed E-state index contributed by atoms with van der Waals surface area (Å²) in [4.78, 5) is 31.4. The molecule has 0 saturated heterocycles. The van der Waals surface area contributed by atoms with Crippen molar-refractivity contribution >= 4 is 11.7 Å². The van der Waals surface area contributed by atoms with Crippen molar-refractivity contribution in [3.05, 3.63) is 33.4 Å². The van der Waals surface area contributed by atoms with E-state index in [2.05, 4.69) is 20.4 Å². The van der Waals surface area contributed by atoms with Crippen LogP contribution in [0.15, 0.2) is 10.9 Å². The van der Waals surface area contributed by atoms with Crippen molar-refractivity contribution in [3.8, 4) is 5.95 Å². The molecule has 0 aromatic carbocycles. The van der Waals surface area contributed by atoms with Crippen LogP contribution >= 0.6 is 0 Å². The molecule has 0 atom stereocenters. The van der Waals surface area contributed by atoms with Crippen LogP contribution in [-0.2, 0) is 4.79 Å². The lowest BCUT2D eigenvalue weighted by atomic mass is 10.0. The molecule has 1 fully saturated rings. The third-order valence-electron chi connectivity index (χ3n) is 4.94. The zero-order valence-corrected chi connectivity index (χ0v) is 15.1. The molecule has 0 radical (unpaired) electrons. The first-order valence-corrected chi connectivity index (χ1v) is 8.88. The minimum Gasteiger partial charge on any atom is -0.310 e. The average Bonchev–Trinajstić information content (AvgIpc) is 3.20. The molecule has 2 aromatic heterocycles. The molecule has 1 saturated carbocycles.